The number of benzene rings is 2. The zero-order valence-electron chi connectivity index (χ0n) is 17.4. The van der Waals surface area contributed by atoms with E-state index in [1.165, 1.54) is 0 Å². The number of carbonyl (C=O) groups excluding carboxylic acids is 1. The van der Waals surface area contributed by atoms with Crippen LogP contribution in [0, 0.1) is 13.8 Å². The molecule has 4 rings (SSSR count). The lowest BCUT2D eigenvalue weighted by Crippen LogP contribution is -2.37. The molecule has 1 fully saturated rings. The van der Waals surface area contributed by atoms with Crippen molar-refractivity contribution in [1.29, 1.82) is 0 Å². The Labute approximate surface area is 177 Å². The number of rotatable bonds is 4. The van der Waals surface area contributed by atoms with Gasteiger partial charge in [0.05, 0.1) is 22.8 Å². The van der Waals surface area contributed by atoms with Gasteiger partial charge in [0, 0.05) is 24.8 Å². The summed E-state index contributed by atoms with van der Waals surface area (Å²) in [6.45, 7) is 4.03. The van der Waals surface area contributed by atoms with Gasteiger partial charge >= 0.3 is 0 Å². The summed E-state index contributed by atoms with van der Waals surface area (Å²) in [4.78, 5) is 15.0. The number of amides is 1. The first-order valence-corrected chi connectivity index (χ1v) is 11.8. The van der Waals surface area contributed by atoms with Crippen molar-refractivity contribution in [2.24, 2.45) is 0 Å². The molecule has 2 heterocycles. The van der Waals surface area contributed by atoms with Gasteiger partial charge in [0.1, 0.15) is 5.69 Å². The number of aryl methyl sites for hydroxylation is 2. The summed E-state index contributed by atoms with van der Waals surface area (Å²) in [5, 5.41) is 4.75. The molecule has 0 aliphatic carbocycles. The van der Waals surface area contributed by atoms with E-state index in [9.17, 15) is 13.2 Å². The summed E-state index contributed by atoms with van der Waals surface area (Å²) in [5.41, 5.74) is 5.00. The number of carbonyl (C=O) groups is 1. The van der Waals surface area contributed by atoms with E-state index in [0.717, 1.165) is 22.4 Å². The van der Waals surface area contributed by atoms with Gasteiger partial charge in [-0.25, -0.2) is 13.1 Å². The second-order valence-electron chi connectivity index (χ2n) is 7.96. The molecule has 1 aromatic heterocycles. The molecule has 6 nitrogen and oxygen atoms in total. The summed E-state index contributed by atoms with van der Waals surface area (Å²) in [5.74, 6) is -0.0713. The molecule has 1 aliphatic heterocycles. The van der Waals surface area contributed by atoms with Crippen molar-refractivity contribution in [3.05, 3.63) is 71.4 Å². The second kappa shape index (κ2) is 7.72. The van der Waals surface area contributed by atoms with E-state index < -0.39 is 9.84 Å². The smallest absolute Gasteiger partial charge is 0.257 e. The van der Waals surface area contributed by atoms with E-state index in [2.05, 4.69) is 6.07 Å². The van der Waals surface area contributed by atoms with Gasteiger partial charge in [0.15, 0.2) is 9.84 Å². The molecule has 3 aromatic rings. The summed E-state index contributed by atoms with van der Waals surface area (Å²) in [6, 6.07) is 15.4. The zero-order valence-corrected chi connectivity index (χ0v) is 18.2. The van der Waals surface area contributed by atoms with Crippen molar-refractivity contribution in [2.75, 3.05) is 18.6 Å². The summed E-state index contributed by atoms with van der Waals surface area (Å²) >= 11 is 0. The van der Waals surface area contributed by atoms with Crippen LogP contribution in [0.5, 0.6) is 0 Å². The van der Waals surface area contributed by atoms with Gasteiger partial charge in [-0.05, 0) is 38.0 Å². The van der Waals surface area contributed by atoms with Gasteiger partial charge in [-0.3, -0.25) is 4.79 Å². The molecule has 1 amide bonds. The number of hydrogen-bond donors (Lipinski definition) is 0. The SMILES string of the molecule is Cc1ccc(-c2nn(-c3ccccc3)cc2C(=O)N(C)[C@@H]2CCS(=O)(=O)C2)c(C)c1. The van der Waals surface area contributed by atoms with Gasteiger partial charge < -0.3 is 4.90 Å². The zero-order chi connectivity index (χ0) is 21.5. The lowest BCUT2D eigenvalue weighted by molar-refractivity contribution is 0.0748. The largest absolute Gasteiger partial charge is 0.338 e. The van der Waals surface area contributed by atoms with E-state index in [0.29, 0.717) is 17.7 Å². The van der Waals surface area contributed by atoms with Crippen LogP contribution in [-0.2, 0) is 9.84 Å². The lowest BCUT2D eigenvalue weighted by Gasteiger charge is -2.23. The van der Waals surface area contributed by atoms with Crippen LogP contribution in [0.25, 0.3) is 16.9 Å². The van der Waals surface area contributed by atoms with Crippen LogP contribution in [0.4, 0.5) is 0 Å². The molecule has 1 aliphatic rings. The molecule has 0 radical (unpaired) electrons. The van der Waals surface area contributed by atoms with Gasteiger partial charge in [-0.2, -0.15) is 5.10 Å². The molecule has 0 saturated carbocycles. The standard InChI is InChI=1S/C23H25N3O3S/c1-16-9-10-20(17(2)13-16)22-21(14-26(24-22)18-7-5-4-6-8-18)23(27)25(3)19-11-12-30(28,29)15-19/h4-10,13-14,19H,11-12,15H2,1-3H3/t19-/m1/s1. The minimum Gasteiger partial charge on any atom is -0.338 e. The van der Waals surface area contributed by atoms with Crippen molar-refractivity contribution in [1.82, 2.24) is 14.7 Å². The first-order valence-electron chi connectivity index (χ1n) is 9.95. The number of aromatic nitrogens is 2. The van der Waals surface area contributed by atoms with Crippen LogP contribution in [0.2, 0.25) is 0 Å². The van der Waals surface area contributed by atoms with Gasteiger partial charge in [0.25, 0.3) is 5.91 Å². The fraction of sp³-hybridized carbons (Fsp3) is 0.304. The molecule has 1 saturated heterocycles. The van der Waals surface area contributed by atoms with Crippen molar-refractivity contribution >= 4 is 15.7 Å². The van der Waals surface area contributed by atoms with Crippen molar-refractivity contribution < 1.29 is 13.2 Å². The highest BCUT2D eigenvalue weighted by Crippen LogP contribution is 2.29. The fourth-order valence-corrected chi connectivity index (χ4v) is 5.73. The Morgan fingerprint density at radius 3 is 2.50 bits per heavy atom. The predicted octanol–water partition coefficient (Wildman–Crippen LogP) is 3.42. The molecular formula is C23H25N3O3S. The Hall–Kier alpha value is -2.93. The Morgan fingerprint density at radius 1 is 1.13 bits per heavy atom. The summed E-state index contributed by atoms with van der Waals surface area (Å²) in [6.07, 6.45) is 2.21. The Kier molecular flexibility index (Phi) is 5.24. The third-order valence-electron chi connectivity index (χ3n) is 5.68. The maximum Gasteiger partial charge on any atom is 0.257 e. The normalized spacial score (nSPS) is 17.8. The Balaban J connectivity index is 1.79. The first kappa shape index (κ1) is 20.3. The van der Waals surface area contributed by atoms with Crippen LogP contribution in [0.15, 0.2) is 54.7 Å². The highest BCUT2D eigenvalue weighted by atomic mass is 32.2. The van der Waals surface area contributed by atoms with Crippen LogP contribution in [0.1, 0.15) is 27.9 Å². The van der Waals surface area contributed by atoms with Gasteiger partial charge in [-0.15, -0.1) is 0 Å². The van der Waals surface area contributed by atoms with E-state index in [-0.39, 0.29) is 23.5 Å². The maximum atomic E-state index is 13.4. The quantitative estimate of drug-likeness (QED) is 0.645. The van der Waals surface area contributed by atoms with Crippen molar-refractivity contribution in [3.8, 4) is 16.9 Å². The highest BCUT2D eigenvalue weighted by molar-refractivity contribution is 7.91. The van der Waals surface area contributed by atoms with Crippen LogP contribution in [-0.4, -0.2) is 53.6 Å². The molecular weight excluding hydrogens is 398 g/mol. The molecule has 0 N–H and O–H groups in total. The minimum absolute atomic E-state index is 0.0148. The van der Waals surface area contributed by atoms with E-state index in [1.54, 1.807) is 22.8 Å². The third-order valence-corrected chi connectivity index (χ3v) is 7.43. The summed E-state index contributed by atoms with van der Waals surface area (Å²) < 4.78 is 25.5. The third kappa shape index (κ3) is 3.89. The second-order valence-corrected chi connectivity index (χ2v) is 10.2. The average Bonchev–Trinajstić information content (AvgIpc) is 3.31. The first-order chi connectivity index (χ1) is 14.2. The topological polar surface area (TPSA) is 72.3 Å². The van der Waals surface area contributed by atoms with Crippen LogP contribution >= 0.6 is 0 Å². The predicted molar refractivity (Wildman–Crippen MR) is 118 cm³/mol. The average molecular weight is 424 g/mol. The molecule has 1 atom stereocenters. The Bertz CT molecular complexity index is 1200. The van der Waals surface area contributed by atoms with Crippen molar-refractivity contribution in [2.45, 2.75) is 26.3 Å². The van der Waals surface area contributed by atoms with Gasteiger partial charge in [-0.1, -0.05) is 42.0 Å². The molecule has 2 aromatic carbocycles. The van der Waals surface area contributed by atoms with Crippen LogP contribution in [0.3, 0.4) is 0 Å². The molecule has 0 unspecified atom stereocenters. The van der Waals surface area contributed by atoms with Gasteiger partial charge in [0.2, 0.25) is 0 Å². The molecule has 0 bridgehead atoms. The van der Waals surface area contributed by atoms with Crippen LogP contribution < -0.4 is 0 Å². The summed E-state index contributed by atoms with van der Waals surface area (Å²) in [7, 11) is -1.40. The van der Waals surface area contributed by atoms with Crippen molar-refractivity contribution in [3.63, 3.8) is 0 Å². The van der Waals surface area contributed by atoms with E-state index in [4.69, 9.17) is 5.10 Å². The molecule has 0 spiro atoms. The number of sulfone groups is 1. The lowest BCUT2D eigenvalue weighted by atomic mass is 10.00. The van der Waals surface area contributed by atoms with E-state index >= 15 is 0 Å². The highest BCUT2D eigenvalue weighted by Gasteiger charge is 2.34. The number of hydrogen-bond acceptors (Lipinski definition) is 4. The fourth-order valence-electron chi connectivity index (χ4n) is 3.96. The molecule has 7 heteroatoms. The monoisotopic (exact) mass is 423 g/mol. The maximum absolute atomic E-state index is 13.4. The minimum atomic E-state index is -3.08. The number of nitrogens with zero attached hydrogens (tertiary/aromatic N) is 3. The molecule has 30 heavy (non-hydrogen) atoms. The Morgan fingerprint density at radius 2 is 1.87 bits per heavy atom. The molecule has 156 valence electrons. The van der Waals surface area contributed by atoms with E-state index in [1.807, 2.05) is 56.3 Å². The number of para-hydroxylation sites is 1.